The van der Waals surface area contributed by atoms with Gasteiger partial charge in [-0.3, -0.25) is 4.55 Å². The maximum Gasteiger partial charge on any atom is 0.268 e. The van der Waals surface area contributed by atoms with Crippen LogP contribution in [-0.2, 0) is 10.1 Å². The Kier molecular flexibility index (Phi) is 3.40. The normalized spacial score (nSPS) is 14.1. The van der Waals surface area contributed by atoms with Crippen LogP contribution in [0.25, 0.3) is 0 Å². The van der Waals surface area contributed by atoms with Crippen LogP contribution in [0.3, 0.4) is 0 Å². The molecule has 1 N–H and O–H groups in total. The second-order valence-corrected chi connectivity index (χ2v) is 3.65. The predicted octanol–water partition coefficient (Wildman–Crippen LogP) is 0.676. The Bertz CT molecular complexity index is 222. The van der Waals surface area contributed by atoms with E-state index in [0.717, 1.165) is 0 Å². The molecule has 1 unspecified atom stereocenters. The van der Waals surface area contributed by atoms with Crippen LogP contribution in [0, 0.1) is 12.3 Å². The smallest absolute Gasteiger partial charge is 0.268 e. The van der Waals surface area contributed by atoms with Crippen molar-refractivity contribution in [1.82, 2.24) is 0 Å². The minimum Gasteiger partial charge on any atom is -0.285 e. The average molecular weight is 162 g/mol. The van der Waals surface area contributed by atoms with E-state index in [2.05, 4.69) is 5.92 Å². The average Bonchev–Trinajstić information content (AvgIpc) is 1.80. The molecule has 0 saturated carbocycles. The molecule has 0 fully saturated rings. The molecule has 0 amide bonds. The van der Waals surface area contributed by atoms with Gasteiger partial charge in [-0.1, -0.05) is 6.92 Å². The molecule has 4 heteroatoms. The third kappa shape index (κ3) is 2.85. The zero-order chi connectivity index (χ0) is 8.20. The molecule has 58 valence electrons. The molecule has 0 saturated heterocycles. The van der Waals surface area contributed by atoms with Crippen molar-refractivity contribution in [3.8, 4) is 12.3 Å². The monoisotopic (exact) mass is 162 g/mol. The Balaban J connectivity index is 4.26. The van der Waals surface area contributed by atoms with Crippen molar-refractivity contribution >= 4 is 10.1 Å². The first-order valence-corrected chi connectivity index (χ1v) is 4.42. The minimum absolute atomic E-state index is 0.0787. The second-order valence-electron chi connectivity index (χ2n) is 1.95. The van der Waals surface area contributed by atoms with Gasteiger partial charge >= 0.3 is 0 Å². The Morgan fingerprint density at radius 2 is 2.20 bits per heavy atom. The third-order valence-corrected chi connectivity index (χ3v) is 2.56. The van der Waals surface area contributed by atoms with Crippen molar-refractivity contribution in [2.75, 3.05) is 0 Å². The molecule has 0 aliphatic heterocycles. The molecule has 10 heavy (non-hydrogen) atoms. The topological polar surface area (TPSA) is 54.4 Å². The standard InChI is InChI=1S/C6H10O3S/c1-3-5-6(4-2)10(7,8)9/h1,6H,4-5H2,2H3,(H,7,8,9). The lowest BCUT2D eigenvalue weighted by Gasteiger charge is -2.05. The highest BCUT2D eigenvalue weighted by molar-refractivity contribution is 7.86. The molecular weight excluding hydrogens is 152 g/mol. The molecule has 3 nitrogen and oxygen atoms in total. The fraction of sp³-hybridized carbons (Fsp3) is 0.667. The van der Waals surface area contributed by atoms with Crippen LogP contribution in [0.2, 0.25) is 0 Å². The van der Waals surface area contributed by atoms with Crippen LogP contribution in [0.15, 0.2) is 0 Å². The lowest BCUT2D eigenvalue weighted by molar-refractivity contribution is 0.465. The molecule has 1 atom stereocenters. The van der Waals surface area contributed by atoms with Crippen molar-refractivity contribution in [1.29, 1.82) is 0 Å². The number of hydrogen-bond donors (Lipinski definition) is 1. The van der Waals surface area contributed by atoms with Gasteiger partial charge < -0.3 is 0 Å². The summed E-state index contributed by atoms with van der Waals surface area (Å²) in [5, 5.41) is -0.794. The van der Waals surface area contributed by atoms with Crippen molar-refractivity contribution in [3.63, 3.8) is 0 Å². The first-order valence-electron chi connectivity index (χ1n) is 2.92. The van der Waals surface area contributed by atoms with Gasteiger partial charge in [0.15, 0.2) is 0 Å². The van der Waals surface area contributed by atoms with Gasteiger partial charge in [-0.2, -0.15) is 8.42 Å². The Hall–Kier alpha value is -0.530. The summed E-state index contributed by atoms with van der Waals surface area (Å²) in [6.07, 6.45) is 5.31. The number of terminal acetylenes is 1. The SMILES string of the molecule is C#CCC(CC)S(=O)(=O)O. The number of rotatable bonds is 3. The maximum atomic E-state index is 10.4. The van der Waals surface area contributed by atoms with E-state index < -0.39 is 15.4 Å². The van der Waals surface area contributed by atoms with Gasteiger partial charge in [0.25, 0.3) is 10.1 Å². The lowest BCUT2D eigenvalue weighted by Crippen LogP contribution is -2.18. The second kappa shape index (κ2) is 3.59. The molecule has 0 aromatic rings. The summed E-state index contributed by atoms with van der Waals surface area (Å²) >= 11 is 0. The van der Waals surface area contributed by atoms with E-state index in [-0.39, 0.29) is 6.42 Å². The van der Waals surface area contributed by atoms with Crippen LogP contribution in [0.1, 0.15) is 19.8 Å². The Morgan fingerprint density at radius 1 is 1.70 bits per heavy atom. The summed E-state index contributed by atoms with van der Waals surface area (Å²) in [6, 6.07) is 0. The summed E-state index contributed by atoms with van der Waals surface area (Å²) in [6.45, 7) is 1.66. The third-order valence-electron chi connectivity index (χ3n) is 1.22. The molecule has 0 spiro atoms. The fourth-order valence-corrected chi connectivity index (χ4v) is 1.32. The van der Waals surface area contributed by atoms with Gasteiger partial charge in [-0.05, 0) is 6.42 Å². The lowest BCUT2D eigenvalue weighted by atomic mass is 10.2. The van der Waals surface area contributed by atoms with Crippen molar-refractivity contribution in [2.24, 2.45) is 0 Å². The van der Waals surface area contributed by atoms with Gasteiger partial charge in [0.05, 0.1) is 5.25 Å². The Morgan fingerprint density at radius 3 is 2.30 bits per heavy atom. The molecule has 0 aromatic heterocycles. The van der Waals surface area contributed by atoms with Crippen LogP contribution in [0.5, 0.6) is 0 Å². The molecule has 0 bridgehead atoms. The zero-order valence-corrected chi connectivity index (χ0v) is 6.56. The van der Waals surface area contributed by atoms with Gasteiger partial charge in [0.1, 0.15) is 0 Å². The number of hydrogen-bond acceptors (Lipinski definition) is 2. The Labute approximate surface area is 61.2 Å². The summed E-state index contributed by atoms with van der Waals surface area (Å²) in [4.78, 5) is 0. The van der Waals surface area contributed by atoms with Gasteiger partial charge in [-0.25, -0.2) is 0 Å². The van der Waals surface area contributed by atoms with Crippen LogP contribution < -0.4 is 0 Å². The molecule has 0 heterocycles. The molecule has 0 rings (SSSR count). The highest BCUT2D eigenvalue weighted by Crippen LogP contribution is 2.06. The first kappa shape index (κ1) is 9.47. The highest BCUT2D eigenvalue weighted by atomic mass is 32.2. The van der Waals surface area contributed by atoms with E-state index in [1.165, 1.54) is 0 Å². The molecule has 0 aliphatic carbocycles. The van der Waals surface area contributed by atoms with E-state index >= 15 is 0 Å². The predicted molar refractivity (Wildman–Crippen MR) is 39.1 cm³/mol. The van der Waals surface area contributed by atoms with E-state index in [9.17, 15) is 8.42 Å². The van der Waals surface area contributed by atoms with Crippen LogP contribution in [-0.4, -0.2) is 18.2 Å². The largest absolute Gasteiger partial charge is 0.285 e. The van der Waals surface area contributed by atoms with E-state index in [0.29, 0.717) is 6.42 Å². The summed E-state index contributed by atoms with van der Waals surface area (Å²) in [5.74, 6) is 2.19. The quantitative estimate of drug-likeness (QED) is 0.490. The van der Waals surface area contributed by atoms with Crippen LogP contribution in [0.4, 0.5) is 0 Å². The van der Waals surface area contributed by atoms with Gasteiger partial charge in [0.2, 0.25) is 0 Å². The first-order chi connectivity index (χ1) is 4.52. The van der Waals surface area contributed by atoms with Crippen molar-refractivity contribution < 1.29 is 13.0 Å². The van der Waals surface area contributed by atoms with Crippen molar-refractivity contribution in [3.05, 3.63) is 0 Å². The van der Waals surface area contributed by atoms with E-state index in [1.807, 2.05) is 0 Å². The van der Waals surface area contributed by atoms with E-state index in [1.54, 1.807) is 6.92 Å². The fourth-order valence-electron chi connectivity index (χ4n) is 0.592. The van der Waals surface area contributed by atoms with Gasteiger partial charge in [-0.15, -0.1) is 12.3 Å². The minimum atomic E-state index is -3.92. The summed E-state index contributed by atoms with van der Waals surface area (Å²) in [5.41, 5.74) is 0. The molecular formula is C6H10O3S. The highest BCUT2D eigenvalue weighted by Gasteiger charge is 2.18. The zero-order valence-electron chi connectivity index (χ0n) is 5.74. The van der Waals surface area contributed by atoms with Crippen LogP contribution >= 0.6 is 0 Å². The molecule has 0 aliphatic rings. The summed E-state index contributed by atoms with van der Waals surface area (Å²) in [7, 11) is -3.92. The summed E-state index contributed by atoms with van der Waals surface area (Å²) < 4.78 is 29.3. The van der Waals surface area contributed by atoms with Gasteiger partial charge in [0, 0.05) is 6.42 Å². The van der Waals surface area contributed by atoms with E-state index in [4.69, 9.17) is 11.0 Å². The molecule has 0 radical (unpaired) electrons. The van der Waals surface area contributed by atoms with Crippen molar-refractivity contribution in [2.45, 2.75) is 25.0 Å². The maximum absolute atomic E-state index is 10.4. The molecule has 0 aromatic carbocycles.